The fourth-order valence-electron chi connectivity index (χ4n) is 2.88. The molecule has 1 aliphatic heterocycles. The molecule has 1 N–H and O–H groups in total. The topological polar surface area (TPSA) is 84.4 Å². The van der Waals surface area contributed by atoms with Crippen LogP contribution in [0.2, 0.25) is 0 Å². The van der Waals surface area contributed by atoms with E-state index in [0.717, 1.165) is 0 Å². The van der Waals surface area contributed by atoms with Crippen molar-refractivity contribution in [3.63, 3.8) is 0 Å². The van der Waals surface area contributed by atoms with Crippen molar-refractivity contribution in [2.24, 2.45) is 5.41 Å². The van der Waals surface area contributed by atoms with E-state index in [1.165, 1.54) is 11.8 Å². The molecule has 0 bridgehead atoms. The molecule has 1 fully saturated rings. The lowest BCUT2D eigenvalue weighted by atomic mass is 9.88. The number of fused-ring (bicyclic) bond motifs is 1. The maximum atomic E-state index is 13.1. The Balaban J connectivity index is 2.24. The van der Waals surface area contributed by atoms with Gasteiger partial charge in [-0.3, -0.25) is 9.80 Å². The molecule has 0 radical (unpaired) electrons. The predicted molar refractivity (Wildman–Crippen MR) is 93.9 cm³/mol. The Morgan fingerprint density at radius 3 is 2.60 bits per heavy atom. The van der Waals surface area contributed by atoms with E-state index in [9.17, 15) is 14.7 Å². The number of benzene rings is 1. The first-order valence-electron chi connectivity index (χ1n) is 8.17. The van der Waals surface area contributed by atoms with E-state index in [4.69, 9.17) is 4.74 Å². The van der Waals surface area contributed by atoms with Crippen molar-refractivity contribution < 1.29 is 14.6 Å². The first kappa shape index (κ1) is 17.4. The van der Waals surface area contributed by atoms with Crippen molar-refractivity contribution in [2.75, 3.05) is 18.7 Å². The number of carbonyl (C=O) groups excluding carboxylic acids is 1. The molecule has 2 aromatic rings. The fourth-order valence-corrected chi connectivity index (χ4v) is 2.88. The van der Waals surface area contributed by atoms with E-state index < -0.39 is 23.0 Å². The van der Waals surface area contributed by atoms with Gasteiger partial charge in [0.1, 0.15) is 6.10 Å². The van der Waals surface area contributed by atoms with E-state index >= 15 is 0 Å². The summed E-state index contributed by atoms with van der Waals surface area (Å²) in [6.07, 6.45) is -0.979. The molecule has 1 aliphatic rings. The zero-order chi connectivity index (χ0) is 18.6. The summed E-state index contributed by atoms with van der Waals surface area (Å²) in [7, 11) is 1.32. The Morgan fingerprint density at radius 2 is 2.00 bits per heavy atom. The summed E-state index contributed by atoms with van der Waals surface area (Å²) in [5.41, 5.74) is -1.25. The van der Waals surface area contributed by atoms with Gasteiger partial charge in [-0.1, -0.05) is 32.9 Å². The maximum Gasteiger partial charge on any atom is 0.334 e. The molecule has 0 amide bonds. The zero-order valence-corrected chi connectivity index (χ0v) is 15.1. The standard InChI is InChI=1S/C18H23N3O4/c1-17(2,3)13(22)14-19-12-9-7-6-8-11(12)15(23)21(14)20-10-18(20,4)16(24)25-5/h6-9,13,22H,10H2,1-5H3/t13-,18+,20?/m1/s1. The monoisotopic (exact) mass is 345 g/mol. The third-order valence-corrected chi connectivity index (χ3v) is 4.63. The van der Waals surface area contributed by atoms with Gasteiger partial charge in [0.05, 0.1) is 24.6 Å². The molecule has 0 aliphatic carbocycles. The van der Waals surface area contributed by atoms with Gasteiger partial charge in [-0.15, -0.1) is 0 Å². The average molecular weight is 345 g/mol. The van der Waals surface area contributed by atoms with Crippen LogP contribution in [0.15, 0.2) is 29.1 Å². The number of carbonyl (C=O) groups is 1. The summed E-state index contributed by atoms with van der Waals surface area (Å²) < 4.78 is 6.17. The van der Waals surface area contributed by atoms with Gasteiger partial charge in [-0.2, -0.15) is 0 Å². The molecule has 2 atom stereocenters. The minimum Gasteiger partial charge on any atom is -0.467 e. The Hall–Kier alpha value is -2.41. The van der Waals surface area contributed by atoms with Crippen LogP contribution in [0.5, 0.6) is 0 Å². The Labute approximate surface area is 145 Å². The van der Waals surface area contributed by atoms with Gasteiger partial charge in [-0.25, -0.2) is 14.5 Å². The Kier molecular flexibility index (Phi) is 3.87. The molecule has 134 valence electrons. The van der Waals surface area contributed by atoms with Crippen molar-refractivity contribution in [2.45, 2.75) is 39.3 Å². The van der Waals surface area contributed by atoms with E-state index in [1.54, 1.807) is 36.2 Å². The van der Waals surface area contributed by atoms with E-state index in [-0.39, 0.29) is 11.4 Å². The SMILES string of the molecule is COC(=O)[C@]1(C)CN1n1c([C@@H](O)C(C)(C)C)nc2ccccc2c1=O. The number of hydrogen-bond acceptors (Lipinski definition) is 6. The van der Waals surface area contributed by atoms with Crippen LogP contribution in [0, 0.1) is 5.41 Å². The molecule has 3 rings (SSSR count). The van der Waals surface area contributed by atoms with Crippen LogP contribution in [0.25, 0.3) is 10.9 Å². The number of aromatic nitrogens is 2. The number of esters is 1. The van der Waals surface area contributed by atoms with Crippen molar-refractivity contribution in [1.29, 1.82) is 0 Å². The summed E-state index contributed by atoms with van der Waals surface area (Å²) in [5.74, 6) is -0.201. The van der Waals surface area contributed by atoms with Gasteiger partial charge in [0.25, 0.3) is 5.56 Å². The molecule has 0 saturated carbocycles. The highest BCUT2D eigenvalue weighted by molar-refractivity contribution is 5.88. The Morgan fingerprint density at radius 1 is 1.36 bits per heavy atom. The number of para-hydroxylation sites is 1. The normalized spacial score (nSPS) is 21.3. The summed E-state index contributed by atoms with van der Waals surface area (Å²) in [4.78, 5) is 29.7. The van der Waals surface area contributed by atoms with Crippen LogP contribution in [0.3, 0.4) is 0 Å². The van der Waals surface area contributed by atoms with Crippen LogP contribution >= 0.6 is 0 Å². The number of methoxy groups -OCH3 is 1. The molecule has 7 heteroatoms. The van der Waals surface area contributed by atoms with Gasteiger partial charge >= 0.3 is 5.97 Å². The number of rotatable bonds is 3. The second-order valence-corrected chi connectivity index (χ2v) is 7.70. The molecule has 25 heavy (non-hydrogen) atoms. The lowest BCUT2D eigenvalue weighted by Gasteiger charge is -2.28. The van der Waals surface area contributed by atoms with Crippen LogP contribution in [0.1, 0.15) is 39.6 Å². The van der Waals surface area contributed by atoms with Gasteiger partial charge in [0.15, 0.2) is 11.4 Å². The number of ether oxygens (including phenoxy) is 1. The maximum absolute atomic E-state index is 13.1. The quantitative estimate of drug-likeness (QED) is 0.668. The second kappa shape index (κ2) is 5.56. The highest BCUT2D eigenvalue weighted by Gasteiger charge is 2.58. The van der Waals surface area contributed by atoms with Gasteiger partial charge in [0.2, 0.25) is 0 Å². The third-order valence-electron chi connectivity index (χ3n) is 4.63. The van der Waals surface area contributed by atoms with Crippen LogP contribution in [-0.4, -0.2) is 39.9 Å². The molecule has 2 heterocycles. The summed E-state index contributed by atoms with van der Waals surface area (Å²) in [6, 6.07) is 6.98. The minimum atomic E-state index is -0.979. The van der Waals surface area contributed by atoms with Gasteiger partial charge in [0, 0.05) is 0 Å². The van der Waals surface area contributed by atoms with Crippen LogP contribution < -0.4 is 10.6 Å². The van der Waals surface area contributed by atoms with Crippen LogP contribution in [0.4, 0.5) is 0 Å². The highest BCUT2D eigenvalue weighted by atomic mass is 16.5. The predicted octanol–water partition coefficient (Wildman–Crippen LogP) is 1.36. The molecular formula is C18H23N3O4. The lowest BCUT2D eigenvalue weighted by Crippen LogP contribution is -2.41. The van der Waals surface area contributed by atoms with Gasteiger partial charge < -0.3 is 9.84 Å². The van der Waals surface area contributed by atoms with Crippen LogP contribution in [-0.2, 0) is 9.53 Å². The molecule has 7 nitrogen and oxygen atoms in total. The molecule has 0 unspecified atom stereocenters. The Bertz CT molecular complexity index is 899. The van der Waals surface area contributed by atoms with Crippen molar-refractivity contribution >= 4 is 16.9 Å². The van der Waals surface area contributed by atoms with E-state index in [0.29, 0.717) is 17.4 Å². The third kappa shape index (κ3) is 2.68. The first-order chi connectivity index (χ1) is 11.6. The minimum absolute atomic E-state index is 0.226. The van der Waals surface area contributed by atoms with Crippen molar-refractivity contribution in [3.05, 3.63) is 40.4 Å². The average Bonchev–Trinajstić information content (AvgIpc) is 3.25. The summed E-state index contributed by atoms with van der Waals surface area (Å²) in [5, 5.41) is 12.8. The summed E-state index contributed by atoms with van der Waals surface area (Å²) >= 11 is 0. The molecule has 1 aromatic heterocycles. The van der Waals surface area contributed by atoms with Crippen molar-refractivity contribution in [1.82, 2.24) is 9.66 Å². The summed E-state index contributed by atoms with van der Waals surface area (Å²) in [6.45, 7) is 7.62. The fraction of sp³-hybridized carbons (Fsp3) is 0.500. The largest absolute Gasteiger partial charge is 0.467 e. The van der Waals surface area contributed by atoms with E-state index in [2.05, 4.69) is 4.98 Å². The molecule has 1 saturated heterocycles. The zero-order valence-electron chi connectivity index (χ0n) is 15.1. The van der Waals surface area contributed by atoms with Gasteiger partial charge in [-0.05, 0) is 24.5 Å². The lowest BCUT2D eigenvalue weighted by molar-refractivity contribution is -0.142. The van der Waals surface area contributed by atoms with E-state index in [1.807, 2.05) is 20.8 Å². The molecular weight excluding hydrogens is 322 g/mol. The number of aliphatic hydroxyl groups is 1. The molecule has 0 spiro atoms. The van der Waals surface area contributed by atoms with Crippen molar-refractivity contribution in [3.8, 4) is 0 Å². The first-order valence-corrected chi connectivity index (χ1v) is 8.17. The number of aliphatic hydroxyl groups excluding tert-OH is 1. The highest BCUT2D eigenvalue weighted by Crippen LogP contribution is 2.36. The second-order valence-electron chi connectivity index (χ2n) is 7.70. The smallest absolute Gasteiger partial charge is 0.334 e. The number of hydrogen-bond donors (Lipinski definition) is 1. The number of nitrogens with zero attached hydrogens (tertiary/aromatic N) is 3. The molecule has 1 aromatic carbocycles.